The first-order valence-electron chi connectivity index (χ1n) is 5.60. The van der Waals surface area contributed by atoms with Crippen LogP contribution in [0.25, 0.3) is 0 Å². The average molecular weight is 325 g/mol. The third kappa shape index (κ3) is 3.65. The van der Waals surface area contributed by atoms with Gasteiger partial charge in [0.2, 0.25) is 0 Å². The van der Waals surface area contributed by atoms with Crippen LogP contribution >= 0.6 is 27.3 Å². The van der Waals surface area contributed by atoms with Crippen molar-refractivity contribution in [2.75, 3.05) is 6.54 Å². The van der Waals surface area contributed by atoms with Crippen molar-refractivity contribution in [1.82, 2.24) is 10.3 Å². The highest BCUT2D eigenvalue weighted by atomic mass is 79.9. The monoisotopic (exact) mass is 324 g/mol. The molecule has 1 heterocycles. The normalized spacial score (nSPS) is 10.3. The number of benzene rings is 1. The number of amides is 1. The van der Waals surface area contributed by atoms with Crippen LogP contribution in [0.3, 0.4) is 0 Å². The lowest BCUT2D eigenvalue weighted by Gasteiger charge is -2.04. The first-order valence-corrected chi connectivity index (χ1v) is 7.21. The van der Waals surface area contributed by atoms with Crippen molar-refractivity contribution in [3.05, 3.63) is 50.4 Å². The Morgan fingerprint density at radius 1 is 1.50 bits per heavy atom. The van der Waals surface area contributed by atoms with Crippen molar-refractivity contribution in [3.8, 4) is 0 Å². The van der Waals surface area contributed by atoms with Crippen LogP contribution in [0.15, 0.2) is 34.9 Å². The Kier molecular flexibility index (Phi) is 4.49. The molecule has 0 saturated carbocycles. The minimum absolute atomic E-state index is 0.0439. The molecule has 0 unspecified atom stereocenters. The molecule has 5 heteroatoms. The van der Waals surface area contributed by atoms with E-state index < -0.39 is 0 Å². The van der Waals surface area contributed by atoms with E-state index in [2.05, 4.69) is 26.2 Å². The second-order valence-corrected chi connectivity index (χ2v) is 6.10. The molecule has 0 fully saturated rings. The van der Waals surface area contributed by atoms with E-state index in [1.165, 1.54) is 4.88 Å². The number of aromatic nitrogens is 1. The Morgan fingerprint density at radius 2 is 2.33 bits per heavy atom. The fourth-order valence-corrected chi connectivity index (χ4v) is 2.75. The lowest BCUT2D eigenvalue weighted by Crippen LogP contribution is -2.25. The molecular formula is C13H13BrN2OS. The van der Waals surface area contributed by atoms with Crippen LogP contribution in [-0.2, 0) is 6.42 Å². The van der Waals surface area contributed by atoms with Gasteiger partial charge in [-0.25, -0.2) is 4.98 Å². The maximum Gasteiger partial charge on any atom is 0.251 e. The number of thiazole rings is 1. The molecule has 0 aliphatic rings. The molecule has 0 spiro atoms. The number of hydrogen-bond acceptors (Lipinski definition) is 3. The van der Waals surface area contributed by atoms with Gasteiger partial charge in [0.15, 0.2) is 0 Å². The smallest absolute Gasteiger partial charge is 0.251 e. The van der Waals surface area contributed by atoms with Gasteiger partial charge in [-0.3, -0.25) is 4.79 Å². The molecule has 18 heavy (non-hydrogen) atoms. The number of hydrogen-bond donors (Lipinski definition) is 1. The highest BCUT2D eigenvalue weighted by Crippen LogP contribution is 2.13. The molecule has 1 N–H and O–H groups in total. The summed E-state index contributed by atoms with van der Waals surface area (Å²) in [5, 5.41) is 3.96. The fourth-order valence-electron chi connectivity index (χ4n) is 1.55. The number of nitrogens with one attached hydrogen (secondary N) is 1. The third-order valence-electron chi connectivity index (χ3n) is 2.41. The number of rotatable bonds is 4. The Bertz CT molecular complexity index is 553. The largest absolute Gasteiger partial charge is 0.352 e. The van der Waals surface area contributed by atoms with Crippen molar-refractivity contribution in [1.29, 1.82) is 0 Å². The molecule has 0 aliphatic carbocycles. The number of nitrogens with zero attached hydrogens (tertiary/aromatic N) is 1. The van der Waals surface area contributed by atoms with Gasteiger partial charge in [0, 0.05) is 34.1 Å². The van der Waals surface area contributed by atoms with Crippen molar-refractivity contribution >= 4 is 33.2 Å². The summed E-state index contributed by atoms with van der Waals surface area (Å²) in [6.07, 6.45) is 2.69. The van der Waals surface area contributed by atoms with Gasteiger partial charge in [0.1, 0.15) is 0 Å². The van der Waals surface area contributed by atoms with E-state index in [4.69, 9.17) is 0 Å². The maximum atomic E-state index is 11.8. The first-order chi connectivity index (χ1) is 8.65. The standard InChI is InChI=1S/C13H13BrN2OS/c1-9-16-8-12(18-9)5-6-15-13(17)10-3-2-4-11(14)7-10/h2-4,7-8H,5-6H2,1H3,(H,15,17). The highest BCUT2D eigenvalue weighted by Gasteiger charge is 2.05. The highest BCUT2D eigenvalue weighted by molar-refractivity contribution is 9.10. The first kappa shape index (κ1) is 13.2. The quantitative estimate of drug-likeness (QED) is 0.938. The van der Waals surface area contributed by atoms with E-state index in [1.54, 1.807) is 17.4 Å². The topological polar surface area (TPSA) is 42.0 Å². The molecule has 1 amide bonds. The number of aryl methyl sites for hydroxylation is 1. The average Bonchev–Trinajstić information content (AvgIpc) is 2.75. The molecule has 0 aliphatic heterocycles. The van der Waals surface area contributed by atoms with Gasteiger partial charge in [-0.2, -0.15) is 0 Å². The molecule has 2 aromatic rings. The summed E-state index contributed by atoms with van der Waals surface area (Å²) in [6.45, 7) is 2.61. The summed E-state index contributed by atoms with van der Waals surface area (Å²) < 4.78 is 0.910. The van der Waals surface area contributed by atoms with Crippen LogP contribution in [0.4, 0.5) is 0 Å². The molecule has 3 nitrogen and oxygen atoms in total. The Balaban J connectivity index is 1.85. The van der Waals surface area contributed by atoms with Crippen molar-refractivity contribution in [2.24, 2.45) is 0 Å². The zero-order chi connectivity index (χ0) is 13.0. The fraction of sp³-hybridized carbons (Fsp3) is 0.231. The molecule has 0 atom stereocenters. The van der Waals surface area contributed by atoms with E-state index in [-0.39, 0.29) is 5.91 Å². The van der Waals surface area contributed by atoms with Crippen molar-refractivity contribution < 1.29 is 4.79 Å². The lowest BCUT2D eigenvalue weighted by atomic mass is 10.2. The summed E-state index contributed by atoms with van der Waals surface area (Å²) in [5.41, 5.74) is 0.671. The van der Waals surface area contributed by atoms with Crippen LogP contribution in [0.5, 0.6) is 0 Å². The number of carbonyl (C=O) groups excluding carboxylic acids is 1. The minimum atomic E-state index is -0.0439. The summed E-state index contributed by atoms with van der Waals surface area (Å²) in [4.78, 5) is 17.2. The van der Waals surface area contributed by atoms with Gasteiger partial charge in [0.25, 0.3) is 5.91 Å². The number of carbonyl (C=O) groups is 1. The van der Waals surface area contributed by atoms with E-state index in [0.29, 0.717) is 12.1 Å². The Labute approximate surface area is 118 Å². The van der Waals surface area contributed by atoms with Gasteiger partial charge in [-0.1, -0.05) is 22.0 Å². The number of halogens is 1. The van der Waals surface area contributed by atoms with Crippen molar-refractivity contribution in [3.63, 3.8) is 0 Å². The zero-order valence-corrected chi connectivity index (χ0v) is 12.3. The SMILES string of the molecule is Cc1ncc(CCNC(=O)c2cccc(Br)c2)s1. The summed E-state index contributed by atoms with van der Waals surface area (Å²) in [7, 11) is 0. The maximum absolute atomic E-state index is 11.8. The molecule has 0 radical (unpaired) electrons. The van der Waals surface area contributed by atoms with Gasteiger partial charge < -0.3 is 5.32 Å². The molecule has 1 aromatic heterocycles. The molecule has 94 valence electrons. The van der Waals surface area contributed by atoms with E-state index in [9.17, 15) is 4.79 Å². The summed E-state index contributed by atoms with van der Waals surface area (Å²) in [6, 6.07) is 7.37. The second kappa shape index (κ2) is 6.11. The second-order valence-electron chi connectivity index (χ2n) is 3.86. The van der Waals surface area contributed by atoms with Gasteiger partial charge in [-0.15, -0.1) is 11.3 Å². The van der Waals surface area contributed by atoms with E-state index in [1.807, 2.05) is 31.3 Å². The minimum Gasteiger partial charge on any atom is -0.352 e. The molecular weight excluding hydrogens is 312 g/mol. The molecule has 0 saturated heterocycles. The van der Waals surface area contributed by atoms with E-state index in [0.717, 1.165) is 15.9 Å². The van der Waals surface area contributed by atoms with Crippen LogP contribution in [-0.4, -0.2) is 17.4 Å². The van der Waals surface area contributed by atoms with E-state index >= 15 is 0 Å². The van der Waals surface area contributed by atoms with Gasteiger partial charge in [-0.05, 0) is 25.1 Å². The predicted octanol–water partition coefficient (Wildman–Crippen LogP) is 3.19. The third-order valence-corrected chi connectivity index (χ3v) is 3.88. The van der Waals surface area contributed by atoms with Crippen LogP contribution < -0.4 is 5.32 Å². The summed E-state index contributed by atoms with van der Waals surface area (Å²) >= 11 is 5.02. The lowest BCUT2D eigenvalue weighted by molar-refractivity contribution is 0.0954. The van der Waals surface area contributed by atoms with Crippen LogP contribution in [0.1, 0.15) is 20.2 Å². The Hall–Kier alpha value is -1.20. The predicted molar refractivity (Wildman–Crippen MR) is 77.0 cm³/mol. The van der Waals surface area contributed by atoms with Crippen molar-refractivity contribution in [2.45, 2.75) is 13.3 Å². The zero-order valence-electron chi connectivity index (χ0n) is 9.94. The molecule has 2 rings (SSSR count). The van der Waals surface area contributed by atoms with Crippen LogP contribution in [0.2, 0.25) is 0 Å². The van der Waals surface area contributed by atoms with Gasteiger partial charge in [0.05, 0.1) is 5.01 Å². The van der Waals surface area contributed by atoms with Crippen LogP contribution in [0, 0.1) is 6.92 Å². The molecule has 0 bridgehead atoms. The summed E-state index contributed by atoms with van der Waals surface area (Å²) in [5.74, 6) is -0.0439. The Morgan fingerprint density at radius 3 is 3.00 bits per heavy atom. The van der Waals surface area contributed by atoms with Gasteiger partial charge >= 0.3 is 0 Å². The molecule has 1 aromatic carbocycles.